The zero-order valence-corrected chi connectivity index (χ0v) is 9.09. The van der Waals surface area contributed by atoms with E-state index < -0.39 is 0 Å². The van der Waals surface area contributed by atoms with Crippen LogP contribution in [0.2, 0.25) is 0 Å². The van der Waals surface area contributed by atoms with Crippen LogP contribution in [-0.4, -0.2) is 32.0 Å². The second-order valence-electron chi connectivity index (χ2n) is 3.66. The standard InChI is InChI=1S/C11H22N2O/c1-3-5-6-9-14-10(4-2)11-12-7-8-13-11/h4,10-13H,2-3,5-9H2,1H3. The quantitative estimate of drug-likeness (QED) is 0.477. The van der Waals surface area contributed by atoms with Gasteiger partial charge in [-0.25, -0.2) is 0 Å². The van der Waals surface area contributed by atoms with Crippen LogP contribution in [0.4, 0.5) is 0 Å². The second kappa shape index (κ2) is 6.98. The van der Waals surface area contributed by atoms with Gasteiger partial charge in [0.25, 0.3) is 0 Å². The zero-order valence-electron chi connectivity index (χ0n) is 9.09. The van der Waals surface area contributed by atoms with E-state index in [1.165, 1.54) is 12.8 Å². The van der Waals surface area contributed by atoms with Gasteiger partial charge < -0.3 is 4.74 Å². The van der Waals surface area contributed by atoms with Gasteiger partial charge in [0.2, 0.25) is 0 Å². The summed E-state index contributed by atoms with van der Waals surface area (Å²) in [7, 11) is 0. The minimum Gasteiger partial charge on any atom is -0.371 e. The fraction of sp³-hybridized carbons (Fsp3) is 0.818. The van der Waals surface area contributed by atoms with Gasteiger partial charge >= 0.3 is 0 Å². The maximum atomic E-state index is 5.73. The van der Waals surface area contributed by atoms with E-state index in [0.29, 0.717) is 0 Å². The summed E-state index contributed by atoms with van der Waals surface area (Å²) in [5.41, 5.74) is 0. The summed E-state index contributed by atoms with van der Waals surface area (Å²) < 4.78 is 5.73. The lowest BCUT2D eigenvalue weighted by molar-refractivity contribution is 0.0554. The van der Waals surface area contributed by atoms with E-state index in [1.807, 2.05) is 6.08 Å². The van der Waals surface area contributed by atoms with Crippen LogP contribution in [0.5, 0.6) is 0 Å². The molecule has 1 fully saturated rings. The summed E-state index contributed by atoms with van der Waals surface area (Å²) in [6.07, 6.45) is 5.87. The van der Waals surface area contributed by atoms with Crippen molar-refractivity contribution in [2.24, 2.45) is 0 Å². The first-order valence-corrected chi connectivity index (χ1v) is 5.59. The Morgan fingerprint density at radius 1 is 1.43 bits per heavy atom. The Balaban J connectivity index is 2.14. The Morgan fingerprint density at radius 3 is 2.71 bits per heavy atom. The molecule has 1 aliphatic heterocycles. The topological polar surface area (TPSA) is 33.3 Å². The predicted octanol–water partition coefficient (Wildman–Crippen LogP) is 1.27. The third-order valence-electron chi connectivity index (χ3n) is 2.47. The molecule has 0 amide bonds. The Hall–Kier alpha value is -0.380. The van der Waals surface area contributed by atoms with Crippen LogP contribution in [0.3, 0.4) is 0 Å². The highest BCUT2D eigenvalue weighted by molar-refractivity contribution is 4.91. The van der Waals surface area contributed by atoms with Crippen LogP contribution in [0, 0.1) is 0 Å². The molecule has 0 radical (unpaired) electrons. The lowest BCUT2D eigenvalue weighted by Crippen LogP contribution is -2.43. The molecule has 0 aromatic carbocycles. The normalized spacial score (nSPS) is 19.8. The summed E-state index contributed by atoms with van der Waals surface area (Å²) in [5.74, 6) is 0. The Kier molecular flexibility index (Phi) is 5.83. The van der Waals surface area contributed by atoms with Crippen molar-refractivity contribution in [3.05, 3.63) is 12.7 Å². The summed E-state index contributed by atoms with van der Waals surface area (Å²) in [6.45, 7) is 8.88. The van der Waals surface area contributed by atoms with Gasteiger partial charge in [0.1, 0.15) is 6.10 Å². The van der Waals surface area contributed by atoms with Gasteiger partial charge in [-0.05, 0) is 6.42 Å². The molecule has 0 saturated carbocycles. The van der Waals surface area contributed by atoms with Crippen molar-refractivity contribution < 1.29 is 4.74 Å². The molecule has 1 heterocycles. The molecule has 2 N–H and O–H groups in total. The van der Waals surface area contributed by atoms with E-state index in [9.17, 15) is 0 Å². The third-order valence-corrected chi connectivity index (χ3v) is 2.47. The number of rotatable bonds is 7. The third kappa shape index (κ3) is 3.78. The smallest absolute Gasteiger partial charge is 0.104 e. The molecule has 3 nitrogen and oxygen atoms in total. The van der Waals surface area contributed by atoms with Crippen molar-refractivity contribution >= 4 is 0 Å². The van der Waals surface area contributed by atoms with E-state index in [4.69, 9.17) is 4.74 Å². The first kappa shape index (κ1) is 11.7. The molecule has 0 spiro atoms. The van der Waals surface area contributed by atoms with Crippen molar-refractivity contribution in [2.75, 3.05) is 19.7 Å². The van der Waals surface area contributed by atoms with Gasteiger partial charge in [-0.15, -0.1) is 6.58 Å². The highest BCUT2D eigenvalue weighted by atomic mass is 16.5. The van der Waals surface area contributed by atoms with Gasteiger partial charge in [0.05, 0.1) is 6.17 Å². The largest absolute Gasteiger partial charge is 0.371 e. The van der Waals surface area contributed by atoms with Crippen molar-refractivity contribution in [1.82, 2.24) is 10.6 Å². The Labute approximate surface area is 86.9 Å². The van der Waals surface area contributed by atoms with Gasteiger partial charge in [0, 0.05) is 19.7 Å². The van der Waals surface area contributed by atoms with Crippen LogP contribution < -0.4 is 10.6 Å². The number of hydrogen-bond acceptors (Lipinski definition) is 3. The number of ether oxygens (including phenoxy) is 1. The number of unbranched alkanes of at least 4 members (excludes halogenated alkanes) is 2. The maximum Gasteiger partial charge on any atom is 0.104 e. The molecule has 0 bridgehead atoms. The molecular weight excluding hydrogens is 176 g/mol. The molecule has 82 valence electrons. The molecule has 0 aromatic heterocycles. The highest BCUT2D eigenvalue weighted by Crippen LogP contribution is 2.04. The summed E-state index contributed by atoms with van der Waals surface area (Å²) in [6, 6.07) is 0. The average molecular weight is 198 g/mol. The molecule has 0 aliphatic carbocycles. The maximum absolute atomic E-state index is 5.73. The molecule has 0 aromatic rings. The van der Waals surface area contributed by atoms with Crippen molar-refractivity contribution in [3.8, 4) is 0 Å². The lowest BCUT2D eigenvalue weighted by atomic mass is 10.2. The lowest BCUT2D eigenvalue weighted by Gasteiger charge is -2.20. The second-order valence-corrected chi connectivity index (χ2v) is 3.66. The monoisotopic (exact) mass is 198 g/mol. The van der Waals surface area contributed by atoms with E-state index in [0.717, 1.165) is 26.1 Å². The first-order valence-electron chi connectivity index (χ1n) is 5.59. The van der Waals surface area contributed by atoms with Crippen molar-refractivity contribution in [2.45, 2.75) is 38.5 Å². The van der Waals surface area contributed by atoms with E-state index in [2.05, 4.69) is 24.1 Å². The minimum atomic E-state index is 0.106. The van der Waals surface area contributed by atoms with E-state index in [-0.39, 0.29) is 12.3 Å². The fourth-order valence-electron chi connectivity index (χ4n) is 1.63. The predicted molar refractivity (Wildman–Crippen MR) is 59.3 cm³/mol. The van der Waals surface area contributed by atoms with Crippen LogP contribution >= 0.6 is 0 Å². The molecule has 1 unspecified atom stereocenters. The molecule has 14 heavy (non-hydrogen) atoms. The Bertz CT molecular complexity index is 155. The fourth-order valence-corrected chi connectivity index (χ4v) is 1.63. The van der Waals surface area contributed by atoms with Crippen molar-refractivity contribution in [1.29, 1.82) is 0 Å². The molecule has 3 heteroatoms. The Morgan fingerprint density at radius 2 is 2.14 bits per heavy atom. The highest BCUT2D eigenvalue weighted by Gasteiger charge is 2.21. The molecule has 1 rings (SSSR count). The van der Waals surface area contributed by atoms with E-state index in [1.54, 1.807) is 0 Å². The van der Waals surface area contributed by atoms with Crippen LogP contribution in [0.25, 0.3) is 0 Å². The van der Waals surface area contributed by atoms with Crippen LogP contribution in [-0.2, 0) is 4.74 Å². The molecule has 1 atom stereocenters. The molecule has 1 aliphatic rings. The van der Waals surface area contributed by atoms with Gasteiger partial charge in [-0.1, -0.05) is 25.8 Å². The van der Waals surface area contributed by atoms with Crippen molar-refractivity contribution in [3.63, 3.8) is 0 Å². The minimum absolute atomic E-state index is 0.106. The van der Waals surface area contributed by atoms with Crippen LogP contribution in [0.1, 0.15) is 26.2 Å². The summed E-state index contributed by atoms with van der Waals surface area (Å²) in [5, 5.41) is 6.68. The van der Waals surface area contributed by atoms with Crippen LogP contribution in [0.15, 0.2) is 12.7 Å². The van der Waals surface area contributed by atoms with Gasteiger partial charge in [0.15, 0.2) is 0 Å². The van der Waals surface area contributed by atoms with Gasteiger partial charge in [-0.2, -0.15) is 0 Å². The SMILES string of the molecule is C=CC(OCCCCC)C1NCCN1. The van der Waals surface area contributed by atoms with E-state index >= 15 is 0 Å². The number of hydrogen-bond donors (Lipinski definition) is 2. The van der Waals surface area contributed by atoms with Gasteiger partial charge in [-0.3, -0.25) is 10.6 Å². The average Bonchev–Trinajstić information content (AvgIpc) is 2.71. The number of nitrogens with one attached hydrogen (secondary N) is 2. The summed E-state index contributed by atoms with van der Waals surface area (Å²) in [4.78, 5) is 0. The first-order chi connectivity index (χ1) is 6.88. The molecule has 1 saturated heterocycles. The summed E-state index contributed by atoms with van der Waals surface area (Å²) >= 11 is 0. The zero-order chi connectivity index (χ0) is 10.2. The molecular formula is C11H22N2O.